The molecule has 0 saturated heterocycles. The van der Waals surface area contributed by atoms with Crippen LogP contribution in [0, 0.1) is 0 Å². The second-order valence-corrected chi connectivity index (χ2v) is 3.83. The molecule has 0 aliphatic carbocycles. The molecular formula is C12H12BNO4. The van der Waals surface area contributed by atoms with Gasteiger partial charge in [-0.05, 0) is 35.8 Å². The van der Waals surface area contributed by atoms with E-state index in [1.807, 2.05) is 0 Å². The van der Waals surface area contributed by atoms with Gasteiger partial charge < -0.3 is 19.8 Å². The van der Waals surface area contributed by atoms with E-state index in [1.54, 1.807) is 24.3 Å². The fraction of sp³-hybridized carbons (Fsp3) is 0.0833. The molecule has 1 aromatic heterocycles. The third-order valence-electron chi connectivity index (χ3n) is 2.44. The molecule has 18 heavy (non-hydrogen) atoms. The van der Waals surface area contributed by atoms with Crippen LogP contribution in [-0.2, 0) is 4.79 Å². The van der Waals surface area contributed by atoms with Crippen LogP contribution >= 0.6 is 0 Å². The summed E-state index contributed by atoms with van der Waals surface area (Å²) in [6.45, 7) is 1.38. The van der Waals surface area contributed by atoms with Crippen molar-refractivity contribution in [3.63, 3.8) is 0 Å². The van der Waals surface area contributed by atoms with Crippen molar-refractivity contribution in [2.45, 2.75) is 6.92 Å². The highest BCUT2D eigenvalue weighted by Crippen LogP contribution is 2.20. The topological polar surface area (TPSA) is 82.7 Å². The second-order valence-electron chi connectivity index (χ2n) is 3.83. The molecule has 0 aliphatic rings. The van der Waals surface area contributed by atoms with Crippen LogP contribution in [-0.4, -0.2) is 23.1 Å². The normalized spacial score (nSPS) is 10.2. The molecule has 2 rings (SSSR count). The molecule has 2 aromatic rings. The van der Waals surface area contributed by atoms with E-state index in [1.165, 1.54) is 19.3 Å². The van der Waals surface area contributed by atoms with Gasteiger partial charge in [-0.3, -0.25) is 4.79 Å². The number of anilines is 1. The van der Waals surface area contributed by atoms with Gasteiger partial charge in [0.2, 0.25) is 5.91 Å². The molecule has 0 spiro atoms. The van der Waals surface area contributed by atoms with Gasteiger partial charge in [0.25, 0.3) is 0 Å². The van der Waals surface area contributed by atoms with Gasteiger partial charge in [0.1, 0.15) is 5.76 Å². The SMILES string of the molecule is CC(=O)Nc1ccc(-c2ccco2)c(B(O)O)c1. The highest BCUT2D eigenvalue weighted by atomic mass is 16.4. The Morgan fingerprint density at radius 1 is 1.33 bits per heavy atom. The lowest BCUT2D eigenvalue weighted by atomic mass is 9.76. The largest absolute Gasteiger partial charge is 0.489 e. The van der Waals surface area contributed by atoms with E-state index in [0.717, 1.165) is 0 Å². The molecule has 1 amide bonds. The maximum absolute atomic E-state index is 11.0. The second kappa shape index (κ2) is 5.08. The van der Waals surface area contributed by atoms with E-state index >= 15 is 0 Å². The number of furan rings is 1. The van der Waals surface area contributed by atoms with Gasteiger partial charge in [-0.25, -0.2) is 0 Å². The smallest absolute Gasteiger partial charge is 0.464 e. The number of nitrogens with one attached hydrogen (secondary N) is 1. The molecule has 6 heteroatoms. The van der Waals surface area contributed by atoms with Gasteiger partial charge in [-0.15, -0.1) is 0 Å². The Labute approximate surface area is 104 Å². The van der Waals surface area contributed by atoms with Gasteiger partial charge in [0.05, 0.1) is 6.26 Å². The summed E-state index contributed by atoms with van der Waals surface area (Å²) < 4.78 is 5.22. The zero-order valence-corrected chi connectivity index (χ0v) is 9.75. The minimum atomic E-state index is -1.64. The highest BCUT2D eigenvalue weighted by Gasteiger charge is 2.19. The van der Waals surface area contributed by atoms with E-state index < -0.39 is 7.12 Å². The third kappa shape index (κ3) is 2.61. The van der Waals surface area contributed by atoms with Crippen molar-refractivity contribution < 1.29 is 19.3 Å². The summed E-state index contributed by atoms with van der Waals surface area (Å²) in [7, 11) is -1.64. The fourth-order valence-corrected chi connectivity index (χ4v) is 1.71. The van der Waals surface area contributed by atoms with Gasteiger partial charge >= 0.3 is 7.12 Å². The van der Waals surface area contributed by atoms with Crippen molar-refractivity contribution >= 4 is 24.2 Å². The number of carbonyl (C=O) groups is 1. The Morgan fingerprint density at radius 3 is 2.67 bits per heavy atom. The first-order valence-corrected chi connectivity index (χ1v) is 5.39. The zero-order chi connectivity index (χ0) is 13.1. The maximum atomic E-state index is 11.0. The average molecular weight is 245 g/mol. The van der Waals surface area contributed by atoms with Crippen molar-refractivity contribution in [1.29, 1.82) is 0 Å². The molecule has 92 valence electrons. The van der Waals surface area contributed by atoms with E-state index in [4.69, 9.17) is 4.42 Å². The summed E-state index contributed by atoms with van der Waals surface area (Å²) in [5.41, 5.74) is 1.35. The highest BCUT2D eigenvalue weighted by molar-refractivity contribution is 6.60. The molecular weight excluding hydrogens is 233 g/mol. The summed E-state index contributed by atoms with van der Waals surface area (Å²) in [5.74, 6) is 0.312. The van der Waals surface area contributed by atoms with Crippen LogP contribution in [0.25, 0.3) is 11.3 Å². The van der Waals surface area contributed by atoms with E-state index in [2.05, 4.69) is 5.32 Å². The Bertz CT molecular complexity index is 551. The molecule has 0 aliphatic heterocycles. The number of rotatable bonds is 3. The van der Waals surface area contributed by atoms with Gasteiger partial charge in [-0.1, -0.05) is 0 Å². The first kappa shape index (κ1) is 12.4. The van der Waals surface area contributed by atoms with E-state index in [0.29, 0.717) is 17.0 Å². The predicted molar refractivity (Wildman–Crippen MR) is 68.3 cm³/mol. The van der Waals surface area contributed by atoms with Gasteiger partial charge in [-0.2, -0.15) is 0 Å². The Kier molecular flexibility index (Phi) is 3.50. The lowest BCUT2D eigenvalue weighted by Gasteiger charge is -2.09. The summed E-state index contributed by atoms with van der Waals surface area (Å²) in [6.07, 6.45) is 1.50. The average Bonchev–Trinajstić information content (AvgIpc) is 2.81. The fourth-order valence-electron chi connectivity index (χ4n) is 1.71. The van der Waals surface area contributed by atoms with Crippen LogP contribution < -0.4 is 10.8 Å². The van der Waals surface area contributed by atoms with Crippen LogP contribution in [0.4, 0.5) is 5.69 Å². The minimum Gasteiger partial charge on any atom is -0.464 e. The molecule has 0 radical (unpaired) electrons. The number of hydrogen-bond acceptors (Lipinski definition) is 4. The first-order chi connectivity index (χ1) is 8.58. The zero-order valence-electron chi connectivity index (χ0n) is 9.75. The number of hydrogen-bond donors (Lipinski definition) is 3. The van der Waals surface area contributed by atoms with Crippen LogP contribution in [0.5, 0.6) is 0 Å². The summed E-state index contributed by atoms with van der Waals surface area (Å²) in [6, 6.07) is 8.28. The Balaban J connectivity index is 2.45. The van der Waals surface area contributed by atoms with Crippen molar-refractivity contribution in [3.8, 4) is 11.3 Å². The number of benzene rings is 1. The van der Waals surface area contributed by atoms with Crippen molar-refractivity contribution in [2.24, 2.45) is 0 Å². The van der Waals surface area contributed by atoms with Crippen LogP contribution in [0.1, 0.15) is 6.92 Å². The molecule has 0 unspecified atom stereocenters. The van der Waals surface area contributed by atoms with Crippen LogP contribution in [0.3, 0.4) is 0 Å². The third-order valence-corrected chi connectivity index (χ3v) is 2.44. The predicted octanol–water partition coefficient (Wildman–Crippen LogP) is 0.585. The molecule has 0 saturated carbocycles. The lowest BCUT2D eigenvalue weighted by Crippen LogP contribution is -2.32. The Hall–Kier alpha value is -2.05. The summed E-state index contributed by atoms with van der Waals surface area (Å²) in [4.78, 5) is 11.0. The van der Waals surface area contributed by atoms with Crippen LogP contribution in [0.15, 0.2) is 41.0 Å². The monoisotopic (exact) mass is 245 g/mol. The Morgan fingerprint density at radius 2 is 2.11 bits per heavy atom. The minimum absolute atomic E-state index is 0.223. The summed E-state index contributed by atoms with van der Waals surface area (Å²) in [5, 5.41) is 21.3. The molecule has 0 atom stereocenters. The molecule has 0 bridgehead atoms. The van der Waals surface area contributed by atoms with Crippen molar-refractivity contribution in [1.82, 2.24) is 0 Å². The van der Waals surface area contributed by atoms with Crippen molar-refractivity contribution in [3.05, 3.63) is 36.6 Å². The molecule has 1 heterocycles. The van der Waals surface area contributed by atoms with E-state index in [-0.39, 0.29) is 11.4 Å². The lowest BCUT2D eigenvalue weighted by molar-refractivity contribution is -0.114. The molecule has 5 nitrogen and oxygen atoms in total. The quantitative estimate of drug-likeness (QED) is 0.691. The molecule has 1 aromatic carbocycles. The van der Waals surface area contributed by atoms with Gasteiger partial charge in [0.15, 0.2) is 0 Å². The van der Waals surface area contributed by atoms with E-state index in [9.17, 15) is 14.8 Å². The van der Waals surface area contributed by atoms with Crippen molar-refractivity contribution in [2.75, 3.05) is 5.32 Å². The van der Waals surface area contributed by atoms with Crippen LogP contribution in [0.2, 0.25) is 0 Å². The first-order valence-electron chi connectivity index (χ1n) is 5.39. The number of amides is 1. The molecule has 3 N–H and O–H groups in total. The summed E-state index contributed by atoms with van der Waals surface area (Å²) >= 11 is 0. The number of carbonyl (C=O) groups excluding carboxylic acids is 1. The maximum Gasteiger partial charge on any atom is 0.489 e. The van der Waals surface area contributed by atoms with Gasteiger partial charge in [0, 0.05) is 18.2 Å². The molecule has 0 fully saturated rings. The standard InChI is InChI=1S/C12H12BNO4/c1-8(15)14-9-4-5-10(11(7-9)13(16)17)12-3-2-6-18-12/h2-7,16-17H,1H3,(H,14,15).